The van der Waals surface area contributed by atoms with Crippen molar-refractivity contribution in [2.45, 2.75) is 57.3 Å². The summed E-state index contributed by atoms with van der Waals surface area (Å²) < 4.78 is 40.1. The van der Waals surface area contributed by atoms with E-state index in [1.54, 1.807) is 6.08 Å². The molecule has 0 unspecified atom stereocenters. The molecule has 0 radical (unpaired) electrons. The number of likely N-dealkylation sites (tertiary alicyclic amines) is 1. The van der Waals surface area contributed by atoms with Crippen molar-refractivity contribution < 1.29 is 13.2 Å². The zero-order valence-corrected chi connectivity index (χ0v) is 19.8. The van der Waals surface area contributed by atoms with Gasteiger partial charge in [-0.1, -0.05) is 54.6 Å². The number of rotatable bonds is 7. The van der Waals surface area contributed by atoms with Gasteiger partial charge in [0.25, 0.3) is 5.92 Å². The van der Waals surface area contributed by atoms with Crippen molar-refractivity contribution in [3.8, 4) is 0 Å². The lowest BCUT2D eigenvalue weighted by molar-refractivity contribution is -0.00837. The van der Waals surface area contributed by atoms with Crippen LogP contribution in [-0.4, -0.2) is 37.1 Å². The molecule has 1 nitrogen and oxygen atoms in total. The number of alkyl halides is 3. The number of hydrogen-bond donors (Lipinski definition) is 0. The van der Waals surface area contributed by atoms with Crippen LogP contribution in [0.2, 0.25) is 0 Å². The van der Waals surface area contributed by atoms with E-state index in [9.17, 15) is 13.2 Å². The molecule has 0 atom stereocenters. The lowest BCUT2D eigenvalue weighted by Crippen LogP contribution is -2.47. The molecule has 1 aliphatic heterocycles. The Labute approximate surface area is 201 Å². The lowest BCUT2D eigenvalue weighted by Gasteiger charge is -2.39. The van der Waals surface area contributed by atoms with Gasteiger partial charge >= 0.3 is 0 Å². The molecule has 0 bridgehead atoms. The summed E-state index contributed by atoms with van der Waals surface area (Å²) in [6.45, 7) is 2.75. The van der Waals surface area contributed by atoms with Gasteiger partial charge in [-0.15, -0.1) is 0 Å². The van der Waals surface area contributed by atoms with Crippen LogP contribution in [-0.2, 0) is 12.8 Å². The van der Waals surface area contributed by atoms with Crippen molar-refractivity contribution in [1.82, 2.24) is 4.90 Å². The van der Waals surface area contributed by atoms with Crippen molar-refractivity contribution >= 4 is 5.57 Å². The van der Waals surface area contributed by atoms with Crippen molar-refractivity contribution in [1.29, 1.82) is 0 Å². The third kappa shape index (κ3) is 5.17. The number of halogens is 3. The maximum absolute atomic E-state index is 13.9. The summed E-state index contributed by atoms with van der Waals surface area (Å²) >= 11 is 0. The van der Waals surface area contributed by atoms with Gasteiger partial charge in [-0.25, -0.2) is 8.78 Å². The third-order valence-corrected chi connectivity index (χ3v) is 7.66. The van der Waals surface area contributed by atoms with Crippen molar-refractivity contribution in [2.75, 3.05) is 26.3 Å². The molecule has 0 aromatic heterocycles. The second-order valence-electron chi connectivity index (χ2n) is 10.2. The predicted octanol–water partition coefficient (Wildman–Crippen LogP) is 7.40. The molecule has 0 spiro atoms. The van der Waals surface area contributed by atoms with E-state index in [1.807, 2.05) is 0 Å². The zero-order chi connectivity index (χ0) is 23.5. The van der Waals surface area contributed by atoms with E-state index < -0.39 is 5.92 Å². The topological polar surface area (TPSA) is 3.24 Å². The number of allylic oxidation sites excluding steroid dienone is 3. The fourth-order valence-corrected chi connectivity index (χ4v) is 5.86. The standard InChI is InChI=1S/C30H34F3N/c31-17-4-18-34-20-23(21-34)19-22-9-11-26(12-10-22)29-27-7-2-1-5-24(27)6-3-8-28(29)25-13-15-30(32,33)16-14-25/h1-2,5,7,9-13,23H,3-4,6,8,14-21H2. The summed E-state index contributed by atoms with van der Waals surface area (Å²) in [6, 6.07) is 17.5. The highest BCUT2D eigenvalue weighted by atomic mass is 19.3. The van der Waals surface area contributed by atoms with Crippen LogP contribution in [0.3, 0.4) is 0 Å². The Bertz CT molecular complexity index is 1060. The fourth-order valence-electron chi connectivity index (χ4n) is 5.86. The Hall–Kier alpha value is -2.33. The predicted molar refractivity (Wildman–Crippen MR) is 133 cm³/mol. The highest BCUT2D eigenvalue weighted by Crippen LogP contribution is 2.43. The molecule has 0 amide bonds. The summed E-state index contributed by atoms with van der Waals surface area (Å²) in [5.74, 6) is -1.93. The van der Waals surface area contributed by atoms with Crippen LogP contribution in [0.5, 0.6) is 0 Å². The first-order valence-electron chi connectivity index (χ1n) is 12.8. The maximum atomic E-state index is 13.9. The molecule has 2 aromatic rings. The molecule has 3 aliphatic rings. The fraction of sp³-hybridized carbons (Fsp3) is 0.467. The minimum atomic E-state index is -2.57. The van der Waals surface area contributed by atoms with Crippen LogP contribution in [0.15, 0.2) is 65.8 Å². The Morgan fingerprint density at radius 3 is 2.47 bits per heavy atom. The highest BCUT2D eigenvalue weighted by molar-refractivity contribution is 5.86. The van der Waals surface area contributed by atoms with Gasteiger partial charge in [0.1, 0.15) is 0 Å². The molecule has 0 N–H and O–H groups in total. The molecule has 180 valence electrons. The molecule has 2 aliphatic carbocycles. The number of benzene rings is 2. The van der Waals surface area contributed by atoms with Gasteiger partial charge in [-0.05, 0) is 83.4 Å². The molecular formula is C30H34F3N. The van der Waals surface area contributed by atoms with Gasteiger partial charge in [0, 0.05) is 32.5 Å². The monoisotopic (exact) mass is 465 g/mol. The zero-order valence-electron chi connectivity index (χ0n) is 19.8. The Morgan fingerprint density at radius 1 is 0.941 bits per heavy atom. The summed E-state index contributed by atoms with van der Waals surface area (Å²) in [7, 11) is 0. The van der Waals surface area contributed by atoms with E-state index in [4.69, 9.17) is 0 Å². The number of fused-ring (bicyclic) bond motifs is 1. The Balaban J connectivity index is 1.42. The van der Waals surface area contributed by atoms with Gasteiger partial charge in [-0.2, -0.15) is 0 Å². The Kier molecular flexibility index (Phi) is 6.96. The summed E-state index contributed by atoms with van der Waals surface area (Å²) in [5, 5.41) is 0. The largest absolute Gasteiger partial charge is 0.303 e. The van der Waals surface area contributed by atoms with E-state index in [0.29, 0.717) is 18.8 Å². The first-order valence-corrected chi connectivity index (χ1v) is 12.8. The normalized spacial score (nSPS) is 21.0. The second kappa shape index (κ2) is 10.1. The summed E-state index contributed by atoms with van der Waals surface area (Å²) in [4.78, 5) is 2.33. The molecular weight excluding hydrogens is 431 g/mol. The van der Waals surface area contributed by atoms with Gasteiger partial charge < -0.3 is 4.90 Å². The Morgan fingerprint density at radius 2 is 1.74 bits per heavy atom. The van der Waals surface area contributed by atoms with Crippen molar-refractivity contribution in [3.63, 3.8) is 0 Å². The minimum Gasteiger partial charge on any atom is -0.303 e. The smallest absolute Gasteiger partial charge is 0.251 e. The van der Waals surface area contributed by atoms with Gasteiger partial charge in [0.15, 0.2) is 0 Å². The average Bonchev–Trinajstić information content (AvgIpc) is 3.01. The van der Waals surface area contributed by atoms with Crippen LogP contribution >= 0.6 is 0 Å². The molecule has 0 saturated carbocycles. The molecule has 1 heterocycles. The first-order chi connectivity index (χ1) is 16.5. The number of hydrogen-bond acceptors (Lipinski definition) is 1. The molecule has 1 fully saturated rings. The molecule has 1 saturated heterocycles. The quantitative estimate of drug-likeness (QED) is 0.412. The minimum absolute atomic E-state index is 0.0556. The number of aryl methyl sites for hydroxylation is 1. The molecule has 5 rings (SSSR count). The van der Waals surface area contributed by atoms with Crippen LogP contribution in [0.1, 0.15) is 60.8 Å². The number of nitrogens with zero attached hydrogens (tertiary/aromatic N) is 1. The SMILES string of the molecule is FCCCN1CC(Cc2ccc(C3=C(C4=CCC(F)(F)CC4)CCCc4ccccc43)cc2)C1. The van der Waals surface area contributed by atoms with Crippen molar-refractivity contribution in [2.24, 2.45) is 5.92 Å². The van der Waals surface area contributed by atoms with Crippen LogP contribution < -0.4 is 0 Å². The van der Waals surface area contributed by atoms with Crippen LogP contribution in [0.25, 0.3) is 5.57 Å². The van der Waals surface area contributed by atoms with Gasteiger partial charge in [0.2, 0.25) is 0 Å². The maximum Gasteiger partial charge on any atom is 0.251 e. The summed E-state index contributed by atoms with van der Waals surface area (Å²) in [5.41, 5.74) is 8.73. The summed E-state index contributed by atoms with van der Waals surface area (Å²) in [6.07, 6.45) is 6.72. The van der Waals surface area contributed by atoms with E-state index >= 15 is 0 Å². The third-order valence-electron chi connectivity index (χ3n) is 7.66. The molecule has 2 aromatic carbocycles. The first kappa shape index (κ1) is 23.4. The van der Waals surface area contributed by atoms with E-state index in [0.717, 1.165) is 50.9 Å². The van der Waals surface area contributed by atoms with E-state index in [1.165, 1.54) is 33.4 Å². The lowest BCUT2D eigenvalue weighted by atomic mass is 9.83. The average molecular weight is 466 g/mol. The second-order valence-corrected chi connectivity index (χ2v) is 10.2. The van der Waals surface area contributed by atoms with Gasteiger partial charge in [-0.3, -0.25) is 4.39 Å². The molecule has 4 heteroatoms. The van der Waals surface area contributed by atoms with Crippen LogP contribution in [0.4, 0.5) is 13.2 Å². The molecule has 34 heavy (non-hydrogen) atoms. The highest BCUT2D eigenvalue weighted by Gasteiger charge is 2.33. The van der Waals surface area contributed by atoms with E-state index in [-0.39, 0.29) is 19.5 Å². The van der Waals surface area contributed by atoms with Gasteiger partial charge in [0.05, 0.1) is 6.67 Å². The van der Waals surface area contributed by atoms with Crippen LogP contribution in [0, 0.1) is 5.92 Å². The van der Waals surface area contributed by atoms with Crippen molar-refractivity contribution in [3.05, 3.63) is 88.0 Å². The van der Waals surface area contributed by atoms with E-state index in [2.05, 4.69) is 53.4 Å².